The molecular formula is C26H33N3O2S2. The summed E-state index contributed by atoms with van der Waals surface area (Å²) in [6.45, 7) is 2.98. The van der Waals surface area contributed by atoms with Gasteiger partial charge < -0.3 is 10.2 Å². The summed E-state index contributed by atoms with van der Waals surface area (Å²) in [4.78, 5) is 30.1. The lowest BCUT2D eigenvalue weighted by atomic mass is 9.96. The smallest absolute Gasteiger partial charge is 0.246 e. The van der Waals surface area contributed by atoms with Crippen LogP contribution < -0.4 is 5.32 Å². The summed E-state index contributed by atoms with van der Waals surface area (Å²) in [6.07, 6.45) is 3.63. The van der Waals surface area contributed by atoms with Crippen LogP contribution in [-0.2, 0) is 9.59 Å². The van der Waals surface area contributed by atoms with Crippen LogP contribution in [-0.4, -0.2) is 65.3 Å². The van der Waals surface area contributed by atoms with Crippen LogP contribution in [0.15, 0.2) is 60.7 Å². The number of benzene rings is 2. The molecule has 1 N–H and O–H groups in total. The molecule has 0 saturated carbocycles. The SMILES string of the molecule is O=C1CCCCCSSC[C@@H](C(=O)N2CCN(C(c3ccccc3)c3ccccc3)CC2)N1. The number of hydrogen-bond donors (Lipinski definition) is 1. The van der Waals surface area contributed by atoms with E-state index in [0.717, 1.165) is 38.1 Å². The second kappa shape index (κ2) is 12.5. The van der Waals surface area contributed by atoms with Gasteiger partial charge in [-0.05, 0) is 24.0 Å². The Morgan fingerprint density at radius 3 is 2.12 bits per heavy atom. The topological polar surface area (TPSA) is 52.7 Å². The van der Waals surface area contributed by atoms with E-state index in [1.165, 1.54) is 11.1 Å². The number of nitrogens with zero attached hydrogens (tertiary/aromatic N) is 2. The van der Waals surface area contributed by atoms with E-state index in [2.05, 4.69) is 58.7 Å². The fourth-order valence-corrected chi connectivity index (χ4v) is 6.85. The Morgan fingerprint density at radius 1 is 0.848 bits per heavy atom. The highest BCUT2D eigenvalue weighted by Gasteiger charge is 2.31. The molecule has 0 unspecified atom stereocenters. The van der Waals surface area contributed by atoms with E-state index in [1.54, 1.807) is 10.8 Å². The Balaban J connectivity index is 1.42. The Morgan fingerprint density at radius 2 is 1.48 bits per heavy atom. The first-order valence-electron chi connectivity index (χ1n) is 11.9. The Bertz CT molecular complexity index is 849. The zero-order chi connectivity index (χ0) is 22.9. The second-order valence-corrected chi connectivity index (χ2v) is 11.2. The normalized spacial score (nSPS) is 21.3. The average Bonchev–Trinajstić information content (AvgIpc) is 2.91. The van der Waals surface area contributed by atoms with Crippen LogP contribution in [0.4, 0.5) is 0 Å². The van der Waals surface area contributed by atoms with Crippen molar-refractivity contribution in [2.45, 2.75) is 37.8 Å². The summed E-state index contributed by atoms with van der Waals surface area (Å²) < 4.78 is 0. The van der Waals surface area contributed by atoms with Gasteiger partial charge in [0.25, 0.3) is 0 Å². The molecule has 0 aromatic heterocycles. The fraction of sp³-hybridized carbons (Fsp3) is 0.462. The van der Waals surface area contributed by atoms with E-state index in [1.807, 2.05) is 27.8 Å². The molecule has 33 heavy (non-hydrogen) atoms. The van der Waals surface area contributed by atoms with Crippen molar-refractivity contribution in [2.75, 3.05) is 37.7 Å². The number of carbonyl (C=O) groups excluding carboxylic acids is 2. The highest BCUT2D eigenvalue weighted by molar-refractivity contribution is 8.76. The molecule has 2 amide bonds. The van der Waals surface area contributed by atoms with Gasteiger partial charge in [-0.2, -0.15) is 0 Å². The van der Waals surface area contributed by atoms with Crippen LogP contribution in [0.5, 0.6) is 0 Å². The lowest BCUT2D eigenvalue weighted by Gasteiger charge is -2.40. The third kappa shape index (κ3) is 6.78. The molecule has 0 spiro atoms. The molecule has 2 aliphatic rings. The summed E-state index contributed by atoms with van der Waals surface area (Å²) in [6, 6.07) is 20.9. The van der Waals surface area contributed by atoms with Gasteiger partial charge in [0.05, 0.1) is 6.04 Å². The highest BCUT2D eigenvalue weighted by atomic mass is 33.1. The van der Waals surface area contributed by atoms with Crippen molar-refractivity contribution in [1.82, 2.24) is 15.1 Å². The molecular weight excluding hydrogens is 450 g/mol. The predicted molar refractivity (Wildman–Crippen MR) is 138 cm³/mol. The van der Waals surface area contributed by atoms with Crippen LogP contribution in [0.1, 0.15) is 42.9 Å². The van der Waals surface area contributed by atoms with Gasteiger partial charge in [-0.1, -0.05) is 88.7 Å². The summed E-state index contributed by atoms with van der Waals surface area (Å²) in [5.41, 5.74) is 2.54. The van der Waals surface area contributed by atoms with Crippen LogP contribution in [0.3, 0.4) is 0 Å². The minimum absolute atomic E-state index is 0.00713. The molecule has 2 fully saturated rings. The summed E-state index contributed by atoms with van der Waals surface area (Å²) in [5, 5.41) is 3.02. The molecule has 1 atom stereocenters. The quantitative estimate of drug-likeness (QED) is 0.655. The third-order valence-electron chi connectivity index (χ3n) is 6.30. The van der Waals surface area contributed by atoms with Gasteiger partial charge in [-0.15, -0.1) is 0 Å². The molecule has 2 aliphatic heterocycles. The average molecular weight is 484 g/mol. The van der Waals surface area contributed by atoms with Gasteiger partial charge >= 0.3 is 0 Å². The number of amides is 2. The Hall–Kier alpha value is -1.96. The molecule has 0 aliphatic carbocycles. The predicted octanol–water partition coefficient (Wildman–Crippen LogP) is 4.36. The molecule has 0 bridgehead atoms. The van der Waals surface area contributed by atoms with E-state index in [0.29, 0.717) is 25.3 Å². The lowest BCUT2D eigenvalue weighted by molar-refractivity contribution is -0.137. The van der Waals surface area contributed by atoms with Gasteiger partial charge in [0.2, 0.25) is 11.8 Å². The number of piperazine rings is 1. The number of rotatable bonds is 4. The summed E-state index contributed by atoms with van der Waals surface area (Å²) in [7, 11) is 3.52. The van der Waals surface area contributed by atoms with E-state index < -0.39 is 6.04 Å². The number of nitrogens with one attached hydrogen (secondary N) is 1. The maximum atomic E-state index is 13.3. The number of hydrogen-bond acceptors (Lipinski definition) is 5. The van der Waals surface area contributed by atoms with E-state index in [-0.39, 0.29) is 17.9 Å². The highest BCUT2D eigenvalue weighted by Crippen LogP contribution is 2.30. The summed E-state index contributed by atoms with van der Waals surface area (Å²) in [5.74, 6) is 1.78. The zero-order valence-corrected chi connectivity index (χ0v) is 20.7. The molecule has 2 aromatic rings. The monoisotopic (exact) mass is 483 g/mol. The van der Waals surface area contributed by atoms with Crippen molar-refractivity contribution >= 4 is 33.4 Å². The lowest BCUT2D eigenvalue weighted by Crippen LogP contribution is -2.56. The first-order valence-corrected chi connectivity index (χ1v) is 14.4. The molecule has 5 nitrogen and oxygen atoms in total. The molecule has 176 valence electrons. The van der Waals surface area contributed by atoms with Crippen molar-refractivity contribution in [1.29, 1.82) is 0 Å². The standard InChI is InChI=1S/C26H33N3O2S2/c30-24-14-8-3-9-19-32-33-20-23(27-24)26(31)29-17-15-28(16-18-29)25(21-10-4-1-5-11-21)22-12-6-2-7-13-22/h1-2,4-7,10-13,23,25H,3,8-9,14-20H2,(H,27,30)/t23-/m0/s1. The van der Waals surface area contributed by atoms with Crippen LogP contribution in [0.25, 0.3) is 0 Å². The Kier molecular flexibility index (Phi) is 9.15. The maximum Gasteiger partial charge on any atom is 0.246 e. The van der Waals surface area contributed by atoms with Gasteiger partial charge in [0.15, 0.2) is 0 Å². The first-order chi connectivity index (χ1) is 16.2. The molecule has 0 radical (unpaired) electrons. The molecule has 2 aromatic carbocycles. The molecule has 2 heterocycles. The van der Waals surface area contributed by atoms with Crippen LogP contribution in [0, 0.1) is 0 Å². The second-order valence-electron chi connectivity index (χ2n) is 8.62. The van der Waals surface area contributed by atoms with Gasteiger partial charge in [-0.3, -0.25) is 14.5 Å². The minimum atomic E-state index is -0.432. The van der Waals surface area contributed by atoms with Crippen molar-refractivity contribution in [3.05, 3.63) is 71.8 Å². The Labute approximate surface area is 205 Å². The fourth-order valence-electron chi connectivity index (χ4n) is 4.55. The zero-order valence-electron chi connectivity index (χ0n) is 19.0. The van der Waals surface area contributed by atoms with Crippen LogP contribution >= 0.6 is 21.6 Å². The van der Waals surface area contributed by atoms with Gasteiger partial charge in [0, 0.05) is 44.1 Å². The van der Waals surface area contributed by atoms with Crippen LogP contribution in [0.2, 0.25) is 0 Å². The van der Waals surface area contributed by atoms with E-state index >= 15 is 0 Å². The molecule has 2 saturated heterocycles. The molecule has 4 rings (SSSR count). The largest absolute Gasteiger partial charge is 0.343 e. The van der Waals surface area contributed by atoms with Crippen molar-refractivity contribution in [2.24, 2.45) is 0 Å². The van der Waals surface area contributed by atoms with E-state index in [4.69, 9.17) is 0 Å². The minimum Gasteiger partial charge on any atom is -0.343 e. The van der Waals surface area contributed by atoms with Gasteiger partial charge in [-0.25, -0.2) is 0 Å². The van der Waals surface area contributed by atoms with Crippen molar-refractivity contribution in [3.63, 3.8) is 0 Å². The van der Waals surface area contributed by atoms with Crippen molar-refractivity contribution in [3.8, 4) is 0 Å². The molecule has 7 heteroatoms. The number of carbonyl (C=O) groups is 2. The first kappa shape index (κ1) is 24.2. The van der Waals surface area contributed by atoms with Gasteiger partial charge in [0.1, 0.15) is 6.04 Å². The summed E-state index contributed by atoms with van der Waals surface area (Å²) >= 11 is 0. The maximum absolute atomic E-state index is 13.3. The van der Waals surface area contributed by atoms with Crippen molar-refractivity contribution < 1.29 is 9.59 Å². The third-order valence-corrected chi connectivity index (χ3v) is 8.80. The van der Waals surface area contributed by atoms with E-state index in [9.17, 15) is 9.59 Å².